The Hall–Kier alpha value is -1.39. The predicted octanol–water partition coefficient (Wildman–Crippen LogP) is 2.59. The Bertz CT molecular complexity index is 600. The van der Waals surface area contributed by atoms with E-state index in [2.05, 4.69) is 10.4 Å². The lowest BCUT2D eigenvalue weighted by molar-refractivity contribution is 0.000875. The highest BCUT2D eigenvalue weighted by molar-refractivity contribution is 6.33. The molecule has 0 radical (unpaired) electrons. The van der Waals surface area contributed by atoms with Crippen LogP contribution in [-0.4, -0.2) is 44.7 Å². The fraction of sp³-hybridized carbons (Fsp3) is 0.529. The van der Waals surface area contributed by atoms with Gasteiger partial charge in [-0.2, -0.15) is 5.10 Å². The van der Waals surface area contributed by atoms with Gasteiger partial charge in [0.2, 0.25) is 0 Å². The Morgan fingerprint density at radius 2 is 2.09 bits per heavy atom. The van der Waals surface area contributed by atoms with Gasteiger partial charge in [-0.1, -0.05) is 17.7 Å². The third-order valence-electron chi connectivity index (χ3n) is 4.81. The molecular formula is C17H22ClN3O. The van der Waals surface area contributed by atoms with Crippen LogP contribution in [0.15, 0.2) is 17.2 Å². The zero-order chi connectivity index (χ0) is 15.7. The second-order valence-electron chi connectivity index (χ2n) is 6.83. The van der Waals surface area contributed by atoms with E-state index in [-0.39, 0.29) is 0 Å². The van der Waals surface area contributed by atoms with Gasteiger partial charge in [-0.15, -0.1) is 0 Å². The van der Waals surface area contributed by atoms with Gasteiger partial charge < -0.3 is 10.3 Å². The number of rotatable bonds is 5. The lowest BCUT2D eigenvalue weighted by atomic mass is 9.57. The van der Waals surface area contributed by atoms with Crippen molar-refractivity contribution in [2.75, 3.05) is 27.2 Å². The molecule has 1 aliphatic carbocycles. The highest BCUT2D eigenvalue weighted by Crippen LogP contribution is 2.49. The van der Waals surface area contributed by atoms with Crippen molar-refractivity contribution in [2.24, 2.45) is 16.4 Å². The quantitative estimate of drug-likeness (QED) is 0.515. The first-order valence-corrected chi connectivity index (χ1v) is 8.09. The maximum atomic E-state index is 11.4. The summed E-state index contributed by atoms with van der Waals surface area (Å²) in [7, 11) is 3.72. The molecule has 2 aliphatic rings. The van der Waals surface area contributed by atoms with Gasteiger partial charge in [-0.25, -0.2) is 0 Å². The van der Waals surface area contributed by atoms with Crippen LogP contribution in [0.1, 0.15) is 34.3 Å². The van der Waals surface area contributed by atoms with E-state index in [1.165, 1.54) is 31.5 Å². The number of nitrogens with one attached hydrogen (secondary N) is 1. The molecule has 1 spiro atoms. The van der Waals surface area contributed by atoms with Crippen molar-refractivity contribution in [3.05, 3.63) is 33.8 Å². The van der Waals surface area contributed by atoms with Crippen molar-refractivity contribution < 1.29 is 4.79 Å². The Kier molecular flexibility index (Phi) is 4.24. The molecule has 0 amide bonds. The summed E-state index contributed by atoms with van der Waals surface area (Å²) in [5, 5.41) is 9.87. The average molecular weight is 320 g/mol. The van der Waals surface area contributed by atoms with Crippen LogP contribution in [0.4, 0.5) is 0 Å². The molecule has 1 aromatic rings. The predicted molar refractivity (Wildman–Crippen MR) is 89.9 cm³/mol. The molecule has 0 aromatic heterocycles. The molecule has 0 unspecified atom stereocenters. The van der Waals surface area contributed by atoms with Crippen LogP contribution in [0.5, 0.6) is 0 Å². The lowest BCUT2D eigenvalue weighted by Crippen LogP contribution is -2.60. The maximum Gasteiger partial charge on any atom is 0.152 e. The summed E-state index contributed by atoms with van der Waals surface area (Å²) in [6.45, 7) is 2.33. The second-order valence-corrected chi connectivity index (χ2v) is 7.23. The van der Waals surface area contributed by atoms with Gasteiger partial charge >= 0.3 is 0 Å². The molecule has 1 aromatic carbocycles. The van der Waals surface area contributed by atoms with Crippen LogP contribution in [-0.2, 0) is 6.42 Å². The molecule has 1 aliphatic heterocycles. The van der Waals surface area contributed by atoms with Crippen LogP contribution in [0, 0.1) is 11.3 Å². The Labute approximate surface area is 136 Å². The van der Waals surface area contributed by atoms with Gasteiger partial charge in [0, 0.05) is 38.3 Å². The van der Waals surface area contributed by atoms with E-state index in [4.69, 9.17) is 11.6 Å². The summed E-state index contributed by atoms with van der Waals surface area (Å²) in [6, 6.07) is 3.86. The maximum absolute atomic E-state index is 11.4. The molecule has 0 bridgehead atoms. The van der Waals surface area contributed by atoms with E-state index in [0.717, 1.165) is 18.3 Å². The van der Waals surface area contributed by atoms with Gasteiger partial charge in [-0.3, -0.25) is 4.79 Å². The van der Waals surface area contributed by atoms with E-state index < -0.39 is 0 Å². The molecular weight excluding hydrogens is 298 g/mol. The van der Waals surface area contributed by atoms with Crippen molar-refractivity contribution in [2.45, 2.75) is 19.3 Å². The topological polar surface area (TPSA) is 44.7 Å². The fourth-order valence-corrected chi connectivity index (χ4v) is 3.88. The number of nitrogens with zero attached hydrogens (tertiary/aromatic N) is 2. The Morgan fingerprint density at radius 1 is 1.36 bits per heavy atom. The first-order chi connectivity index (χ1) is 10.5. The number of hydrogen-bond acceptors (Lipinski definition) is 4. The molecule has 4 nitrogen and oxygen atoms in total. The van der Waals surface area contributed by atoms with Crippen molar-refractivity contribution in [1.29, 1.82) is 0 Å². The molecule has 0 atom stereocenters. The van der Waals surface area contributed by atoms with Crippen LogP contribution in [0.2, 0.25) is 5.02 Å². The standard InChI is InChI=1S/C17H22ClN3O/c1-21(2)20-8-14-13(3-4-16(18)15(14)9-22)5-12-6-17(7-12)10-19-11-17/h3-4,8-9,12,19H,5-7,10-11H2,1-2H3/b20-8-. The first kappa shape index (κ1) is 15.5. The second kappa shape index (κ2) is 6.01. The normalized spacial score (nSPS) is 20.0. The highest BCUT2D eigenvalue weighted by Gasteiger charge is 2.48. The van der Waals surface area contributed by atoms with Gasteiger partial charge in [0.1, 0.15) is 0 Å². The fourth-order valence-electron chi connectivity index (χ4n) is 3.67. The molecule has 2 fully saturated rings. The number of aldehydes is 1. The van der Waals surface area contributed by atoms with Gasteiger partial charge in [0.05, 0.1) is 11.2 Å². The zero-order valence-electron chi connectivity index (χ0n) is 13.1. The first-order valence-electron chi connectivity index (χ1n) is 7.71. The molecule has 3 rings (SSSR count). The van der Waals surface area contributed by atoms with Crippen LogP contribution < -0.4 is 5.32 Å². The van der Waals surface area contributed by atoms with Gasteiger partial charge in [0.25, 0.3) is 0 Å². The van der Waals surface area contributed by atoms with E-state index >= 15 is 0 Å². The van der Waals surface area contributed by atoms with Crippen molar-refractivity contribution >= 4 is 24.1 Å². The minimum atomic E-state index is 0.493. The van der Waals surface area contributed by atoms with E-state index in [0.29, 0.717) is 21.9 Å². The largest absolute Gasteiger partial charge is 0.316 e. The van der Waals surface area contributed by atoms with Gasteiger partial charge in [0.15, 0.2) is 6.29 Å². The number of hydrazone groups is 1. The van der Waals surface area contributed by atoms with Crippen LogP contribution in [0.25, 0.3) is 0 Å². The Morgan fingerprint density at radius 3 is 2.64 bits per heavy atom. The average Bonchev–Trinajstić information content (AvgIpc) is 2.39. The van der Waals surface area contributed by atoms with Crippen molar-refractivity contribution in [1.82, 2.24) is 10.3 Å². The van der Waals surface area contributed by atoms with Crippen LogP contribution in [0.3, 0.4) is 0 Å². The molecule has 1 saturated heterocycles. The monoisotopic (exact) mass is 319 g/mol. The molecule has 1 heterocycles. The summed E-state index contributed by atoms with van der Waals surface area (Å²) >= 11 is 6.16. The molecule has 1 N–H and O–H groups in total. The minimum absolute atomic E-state index is 0.493. The van der Waals surface area contributed by atoms with Crippen molar-refractivity contribution in [3.8, 4) is 0 Å². The molecule has 1 saturated carbocycles. The lowest BCUT2D eigenvalue weighted by Gasteiger charge is -2.54. The third-order valence-corrected chi connectivity index (χ3v) is 5.14. The summed E-state index contributed by atoms with van der Waals surface area (Å²) in [4.78, 5) is 11.4. The van der Waals surface area contributed by atoms with E-state index in [1.807, 2.05) is 26.2 Å². The SMILES string of the molecule is CN(C)/N=C\c1c(CC2CC3(CNC3)C2)ccc(Cl)c1C=O. The highest BCUT2D eigenvalue weighted by atomic mass is 35.5. The summed E-state index contributed by atoms with van der Waals surface area (Å²) < 4.78 is 0. The molecule has 5 heteroatoms. The smallest absolute Gasteiger partial charge is 0.152 e. The summed E-state index contributed by atoms with van der Waals surface area (Å²) in [6.07, 6.45) is 6.15. The van der Waals surface area contributed by atoms with Crippen LogP contribution >= 0.6 is 11.6 Å². The number of halogens is 1. The van der Waals surface area contributed by atoms with Gasteiger partial charge in [-0.05, 0) is 42.2 Å². The van der Waals surface area contributed by atoms with E-state index in [1.54, 1.807) is 11.2 Å². The molecule has 118 valence electrons. The van der Waals surface area contributed by atoms with E-state index in [9.17, 15) is 4.79 Å². The summed E-state index contributed by atoms with van der Waals surface area (Å²) in [5.74, 6) is 0.703. The minimum Gasteiger partial charge on any atom is -0.316 e. The Balaban J connectivity index is 1.81. The number of carbonyl (C=O) groups excluding carboxylic acids is 1. The zero-order valence-corrected chi connectivity index (χ0v) is 13.9. The number of hydrogen-bond donors (Lipinski definition) is 1. The summed E-state index contributed by atoms with van der Waals surface area (Å²) in [5.41, 5.74) is 3.15. The van der Waals surface area contributed by atoms with Crippen molar-refractivity contribution in [3.63, 3.8) is 0 Å². The number of carbonyl (C=O) groups is 1. The third kappa shape index (κ3) is 2.90. The number of benzene rings is 1. The molecule has 22 heavy (non-hydrogen) atoms.